The van der Waals surface area contributed by atoms with Crippen LogP contribution in [-0.4, -0.2) is 35.5 Å². The molecule has 2 heterocycles. The molecule has 218 valence electrons. The number of Topliss-reactive ketones (excluding diaryl/α,β-unsaturated/α-hetero) is 1. The molecule has 5 rings (SSSR count). The molecule has 0 spiro atoms. The van der Waals surface area contributed by atoms with Crippen molar-refractivity contribution in [2.24, 2.45) is 5.41 Å². The molecule has 0 unspecified atom stereocenters. The van der Waals surface area contributed by atoms with Gasteiger partial charge in [-0.2, -0.15) is 0 Å². The molecule has 0 aliphatic heterocycles. The summed E-state index contributed by atoms with van der Waals surface area (Å²) in [6, 6.07) is 10.3. The summed E-state index contributed by atoms with van der Waals surface area (Å²) in [5, 5.41) is 3.18. The number of halogens is 1. The van der Waals surface area contributed by atoms with Gasteiger partial charge in [-0.3, -0.25) is 19.4 Å². The number of hydrogen-bond acceptors (Lipinski definition) is 7. The van der Waals surface area contributed by atoms with Gasteiger partial charge < -0.3 is 24.1 Å². The number of pyridine rings is 2. The first-order chi connectivity index (χ1) is 20.0. The van der Waals surface area contributed by atoms with Crippen LogP contribution in [0.4, 0.5) is 10.1 Å². The van der Waals surface area contributed by atoms with Crippen molar-refractivity contribution >= 4 is 28.3 Å². The minimum atomic E-state index is -0.732. The molecule has 2 aromatic heterocycles. The molecule has 42 heavy (non-hydrogen) atoms. The fourth-order valence-corrected chi connectivity index (χ4v) is 5.08. The first-order valence-electron chi connectivity index (χ1n) is 13.6. The molecule has 1 aliphatic rings. The van der Waals surface area contributed by atoms with Crippen molar-refractivity contribution in [3.8, 4) is 23.0 Å². The first-order valence-corrected chi connectivity index (χ1v) is 13.6. The standard InChI is InChI=1S/C32H32FN3O6/c1-32(2,3)17-36-24-7-6-8-25(37)20(24)14-21(31(36)39)30(38)35-18-9-10-27(22(33)13-18)42-26-11-12-34-23-16-29(41-5)28(40-4)15-19(23)26/h9-16H,6-8,17H2,1-5H3,(H,35,38). The lowest BCUT2D eigenvalue weighted by Crippen LogP contribution is -2.37. The molecule has 2 aromatic carbocycles. The molecule has 0 atom stereocenters. The van der Waals surface area contributed by atoms with Crippen LogP contribution in [0.1, 0.15) is 60.0 Å². The van der Waals surface area contributed by atoms with Crippen LogP contribution in [0.3, 0.4) is 0 Å². The second-order valence-corrected chi connectivity index (χ2v) is 11.4. The van der Waals surface area contributed by atoms with Crippen LogP contribution in [0.25, 0.3) is 10.9 Å². The summed E-state index contributed by atoms with van der Waals surface area (Å²) >= 11 is 0. The summed E-state index contributed by atoms with van der Waals surface area (Å²) in [5.41, 5.74) is 0.842. The predicted octanol–water partition coefficient (Wildman–Crippen LogP) is 6.16. The molecule has 1 aliphatic carbocycles. The van der Waals surface area contributed by atoms with Gasteiger partial charge in [0.05, 0.1) is 19.7 Å². The van der Waals surface area contributed by atoms with Gasteiger partial charge >= 0.3 is 0 Å². The number of amides is 1. The number of nitrogens with one attached hydrogen (secondary N) is 1. The van der Waals surface area contributed by atoms with E-state index in [-0.39, 0.29) is 28.2 Å². The number of ether oxygens (including phenoxy) is 3. The van der Waals surface area contributed by atoms with E-state index in [2.05, 4.69) is 10.3 Å². The maximum absolute atomic E-state index is 15.2. The van der Waals surface area contributed by atoms with E-state index in [1.165, 1.54) is 38.6 Å². The van der Waals surface area contributed by atoms with Crippen LogP contribution in [0.2, 0.25) is 0 Å². The monoisotopic (exact) mass is 573 g/mol. The number of carbonyl (C=O) groups excluding carboxylic acids is 2. The van der Waals surface area contributed by atoms with Crippen molar-refractivity contribution in [3.05, 3.63) is 81.7 Å². The van der Waals surface area contributed by atoms with Crippen LogP contribution in [0.5, 0.6) is 23.0 Å². The summed E-state index contributed by atoms with van der Waals surface area (Å²) in [7, 11) is 3.03. The van der Waals surface area contributed by atoms with Gasteiger partial charge in [-0.15, -0.1) is 0 Å². The molecule has 1 amide bonds. The number of fused-ring (bicyclic) bond motifs is 2. The lowest BCUT2D eigenvalue weighted by molar-refractivity contribution is 0.0969. The van der Waals surface area contributed by atoms with Crippen molar-refractivity contribution in [3.63, 3.8) is 0 Å². The fraction of sp³-hybridized carbons (Fsp3) is 0.312. The Morgan fingerprint density at radius 2 is 1.71 bits per heavy atom. The Labute approximate surface area is 242 Å². The van der Waals surface area contributed by atoms with Gasteiger partial charge in [0.1, 0.15) is 11.3 Å². The SMILES string of the molecule is COc1cc2nccc(Oc3ccc(NC(=O)c4cc5c(n(CC(C)(C)C)c4=O)CCCC5=O)cc3F)c2cc1OC. The van der Waals surface area contributed by atoms with Crippen molar-refractivity contribution in [2.75, 3.05) is 19.5 Å². The molecular formula is C32H32FN3O6. The second kappa shape index (κ2) is 11.3. The molecule has 0 bridgehead atoms. The van der Waals surface area contributed by atoms with Crippen molar-refractivity contribution in [2.45, 2.75) is 46.6 Å². The van der Waals surface area contributed by atoms with Crippen molar-refractivity contribution in [1.29, 1.82) is 0 Å². The van der Waals surface area contributed by atoms with Crippen LogP contribution < -0.4 is 25.1 Å². The number of ketones is 1. The highest BCUT2D eigenvalue weighted by atomic mass is 19.1. The maximum atomic E-state index is 15.2. The third-order valence-corrected chi connectivity index (χ3v) is 7.01. The van der Waals surface area contributed by atoms with E-state index in [1.54, 1.807) is 22.8 Å². The largest absolute Gasteiger partial charge is 0.493 e. The lowest BCUT2D eigenvalue weighted by Gasteiger charge is -2.26. The Bertz CT molecular complexity index is 1770. The topological polar surface area (TPSA) is 109 Å². The average molecular weight is 574 g/mol. The molecule has 0 fully saturated rings. The van der Waals surface area contributed by atoms with Crippen LogP contribution >= 0.6 is 0 Å². The number of methoxy groups -OCH3 is 2. The number of rotatable bonds is 7. The van der Waals surface area contributed by atoms with Gasteiger partial charge in [-0.05, 0) is 48.6 Å². The van der Waals surface area contributed by atoms with Gasteiger partial charge in [0, 0.05) is 53.6 Å². The third kappa shape index (κ3) is 5.70. The van der Waals surface area contributed by atoms with E-state index < -0.39 is 17.3 Å². The Balaban J connectivity index is 1.43. The zero-order valence-corrected chi connectivity index (χ0v) is 24.2. The molecular weight excluding hydrogens is 541 g/mol. The minimum absolute atomic E-state index is 0.0813. The van der Waals surface area contributed by atoms with Crippen molar-refractivity contribution in [1.82, 2.24) is 9.55 Å². The highest BCUT2D eigenvalue weighted by molar-refractivity contribution is 6.06. The molecule has 4 aromatic rings. The highest BCUT2D eigenvalue weighted by Gasteiger charge is 2.27. The third-order valence-electron chi connectivity index (χ3n) is 7.01. The average Bonchev–Trinajstić information content (AvgIpc) is 2.94. The van der Waals surface area contributed by atoms with Gasteiger partial charge in [-0.25, -0.2) is 4.39 Å². The Morgan fingerprint density at radius 1 is 0.976 bits per heavy atom. The lowest BCUT2D eigenvalue weighted by atomic mass is 9.91. The molecule has 9 nitrogen and oxygen atoms in total. The molecule has 0 saturated carbocycles. The normalized spacial score (nSPS) is 13.0. The first kappa shape index (κ1) is 28.8. The zero-order valence-electron chi connectivity index (χ0n) is 24.2. The quantitative estimate of drug-likeness (QED) is 0.282. The molecule has 0 radical (unpaired) electrons. The van der Waals surface area contributed by atoms with E-state index in [4.69, 9.17) is 14.2 Å². The van der Waals surface area contributed by atoms with E-state index in [0.29, 0.717) is 65.2 Å². The summed E-state index contributed by atoms with van der Waals surface area (Å²) in [4.78, 5) is 43.7. The number of hydrogen-bond donors (Lipinski definition) is 1. The van der Waals surface area contributed by atoms with E-state index in [9.17, 15) is 14.4 Å². The summed E-state index contributed by atoms with van der Waals surface area (Å²) in [5.74, 6) is -0.333. The fourth-order valence-electron chi connectivity index (χ4n) is 5.08. The van der Waals surface area contributed by atoms with Crippen molar-refractivity contribution < 1.29 is 28.2 Å². The van der Waals surface area contributed by atoms with Gasteiger partial charge in [0.25, 0.3) is 11.5 Å². The summed E-state index contributed by atoms with van der Waals surface area (Å²) in [6.07, 6.45) is 3.15. The Kier molecular flexibility index (Phi) is 7.73. The molecule has 1 N–H and O–H groups in total. The molecule has 0 saturated heterocycles. The van der Waals surface area contributed by atoms with Gasteiger partial charge in [-0.1, -0.05) is 20.8 Å². The van der Waals surface area contributed by atoms with E-state index >= 15 is 4.39 Å². The minimum Gasteiger partial charge on any atom is -0.493 e. The summed E-state index contributed by atoms with van der Waals surface area (Å²) < 4.78 is 33.3. The second-order valence-electron chi connectivity index (χ2n) is 11.4. The number of carbonyl (C=O) groups is 2. The highest BCUT2D eigenvalue weighted by Crippen LogP contribution is 2.37. The maximum Gasteiger partial charge on any atom is 0.263 e. The predicted molar refractivity (Wildman–Crippen MR) is 157 cm³/mol. The van der Waals surface area contributed by atoms with Crippen LogP contribution in [-0.2, 0) is 13.0 Å². The molecule has 10 heteroatoms. The van der Waals surface area contributed by atoms with E-state index in [1.807, 2.05) is 20.8 Å². The van der Waals surface area contributed by atoms with Crippen LogP contribution in [0, 0.1) is 11.2 Å². The number of nitrogens with zero attached hydrogens (tertiary/aromatic N) is 2. The zero-order chi connectivity index (χ0) is 30.2. The Morgan fingerprint density at radius 3 is 2.40 bits per heavy atom. The van der Waals surface area contributed by atoms with E-state index in [0.717, 1.165) is 6.07 Å². The summed E-state index contributed by atoms with van der Waals surface area (Å²) in [6.45, 7) is 6.30. The Hall–Kier alpha value is -4.73. The smallest absolute Gasteiger partial charge is 0.263 e. The van der Waals surface area contributed by atoms with Gasteiger partial charge in [0.2, 0.25) is 0 Å². The van der Waals surface area contributed by atoms with Gasteiger partial charge in [0.15, 0.2) is 28.8 Å². The van der Waals surface area contributed by atoms with Crippen LogP contribution in [0.15, 0.2) is 53.5 Å². The number of benzene rings is 2. The number of aromatic nitrogens is 2. The number of anilines is 1.